The standard InChI is InChI=1S/C9H15NO2S/c1-11-5-7(6-12-2)8-3-4-9(10)13-8/h3-4,7H,5-6,10H2,1-2H3. The summed E-state index contributed by atoms with van der Waals surface area (Å²) in [6.45, 7) is 1.35. The predicted octanol–water partition coefficient (Wildman–Crippen LogP) is 1.71. The van der Waals surface area contributed by atoms with Gasteiger partial charge in [0.25, 0.3) is 0 Å². The second kappa shape index (κ2) is 5.21. The van der Waals surface area contributed by atoms with Crippen molar-refractivity contribution in [2.45, 2.75) is 5.92 Å². The van der Waals surface area contributed by atoms with Crippen molar-refractivity contribution >= 4 is 16.3 Å². The van der Waals surface area contributed by atoms with Crippen LogP contribution in [0.25, 0.3) is 0 Å². The Morgan fingerprint density at radius 1 is 1.31 bits per heavy atom. The van der Waals surface area contributed by atoms with E-state index in [2.05, 4.69) is 0 Å². The highest BCUT2D eigenvalue weighted by atomic mass is 32.1. The third-order valence-electron chi connectivity index (χ3n) is 1.79. The number of rotatable bonds is 5. The first-order chi connectivity index (χ1) is 6.27. The molecule has 1 aromatic rings. The minimum atomic E-state index is 0.303. The Morgan fingerprint density at radius 2 is 1.92 bits per heavy atom. The van der Waals surface area contributed by atoms with E-state index in [4.69, 9.17) is 15.2 Å². The SMILES string of the molecule is COCC(COC)c1ccc(N)s1. The first kappa shape index (κ1) is 10.5. The van der Waals surface area contributed by atoms with Crippen molar-refractivity contribution in [2.75, 3.05) is 33.2 Å². The van der Waals surface area contributed by atoms with E-state index < -0.39 is 0 Å². The molecule has 1 rings (SSSR count). The molecule has 74 valence electrons. The molecule has 0 aliphatic heterocycles. The lowest BCUT2D eigenvalue weighted by molar-refractivity contribution is 0.118. The van der Waals surface area contributed by atoms with Gasteiger partial charge in [0.05, 0.1) is 18.2 Å². The summed E-state index contributed by atoms with van der Waals surface area (Å²) < 4.78 is 10.2. The molecular weight excluding hydrogens is 186 g/mol. The number of thiophene rings is 1. The van der Waals surface area contributed by atoms with Crippen LogP contribution in [0.3, 0.4) is 0 Å². The summed E-state index contributed by atoms with van der Waals surface area (Å²) in [4.78, 5) is 1.22. The summed E-state index contributed by atoms with van der Waals surface area (Å²) in [5, 5.41) is 0.840. The quantitative estimate of drug-likeness (QED) is 0.788. The fourth-order valence-electron chi connectivity index (χ4n) is 1.20. The average Bonchev–Trinajstić information content (AvgIpc) is 2.51. The molecule has 4 heteroatoms. The summed E-state index contributed by atoms with van der Waals surface area (Å²) in [5.74, 6) is 0.303. The van der Waals surface area contributed by atoms with Crippen LogP contribution in [-0.4, -0.2) is 27.4 Å². The van der Waals surface area contributed by atoms with Gasteiger partial charge in [-0.25, -0.2) is 0 Å². The highest BCUT2D eigenvalue weighted by Crippen LogP contribution is 2.26. The maximum Gasteiger partial charge on any atom is 0.0859 e. The second-order valence-corrected chi connectivity index (χ2v) is 3.99. The number of ether oxygens (including phenoxy) is 2. The Balaban J connectivity index is 2.63. The summed E-state index contributed by atoms with van der Waals surface area (Å²) in [7, 11) is 3.39. The van der Waals surface area contributed by atoms with Crippen LogP contribution in [0.5, 0.6) is 0 Å². The number of methoxy groups -OCH3 is 2. The zero-order chi connectivity index (χ0) is 9.68. The Morgan fingerprint density at radius 3 is 2.31 bits per heavy atom. The van der Waals surface area contributed by atoms with Crippen LogP contribution < -0.4 is 5.73 Å². The van der Waals surface area contributed by atoms with E-state index in [0.29, 0.717) is 19.1 Å². The zero-order valence-electron chi connectivity index (χ0n) is 7.95. The van der Waals surface area contributed by atoms with Gasteiger partial charge in [0.15, 0.2) is 0 Å². The molecule has 1 aromatic heterocycles. The lowest BCUT2D eigenvalue weighted by atomic mass is 10.1. The van der Waals surface area contributed by atoms with E-state index in [1.807, 2.05) is 12.1 Å². The topological polar surface area (TPSA) is 44.5 Å². The maximum atomic E-state index is 5.65. The van der Waals surface area contributed by atoms with Crippen LogP contribution in [-0.2, 0) is 9.47 Å². The molecule has 0 bridgehead atoms. The number of nitrogen functional groups attached to an aromatic ring is 1. The minimum absolute atomic E-state index is 0.303. The molecular formula is C9H15NO2S. The lowest BCUT2D eigenvalue weighted by Crippen LogP contribution is -2.10. The third kappa shape index (κ3) is 2.99. The second-order valence-electron chi connectivity index (χ2n) is 2.85. The maximum absolute atomic E-state index is 5.65. The molecule has 2 N–H and O–H groups in total. The van der Waals surface area contributed by atoms with E-state index >= 15 is 0 Å². The van der Waals surface area contributed by atoms with E-state index in [9.17, 15) is 0 Å². The fraction of sp³-hybridized carbons (Fsp3) is 0.556. The van der Waals surface area contributed by atoms with Crippen LogP contribution in [0.1, 0.15) is 10.8 Å². The van der Waals surface area contributed by atoms with E-state index in [1.165, 1.54) is 4.88 Å². The van der Waals surface area contributed by atoms with Gasteiger partial charge in [-0.2, -0.15) is 0 Å². The molecule has 0 aliphatic carbocycles. The van der Waals surface area contributed by atoms with Gasteiger partial charge in [-0.05, 0) is 12.1 Å². The minimum Gasteiger partial charge on any atom is -0.391 e. The molecule has 0 atom stereocenters. The Labute approximate surface area is 82.5 Å². The van der Waals surface area contributed by atoms with Crippen molar-refractivity contribution in [1.29, 1.82) is 0 Å². The molecule has 0 amide bonds. The van der Waals surface area contributed by atoms with E-state index in [1.54, 1.807) is 25.6 Å². The van der Waals surface area contributed by atoms with Gasteiger partial charge >= 0.3 is 0 Å². The molecule has 0 aliphatic rings. The van der Waals surface area contributed by atoms with Gasteiger partial charge in [-0.1, -0.05) is 0 Å². The zero-order valence-corrected chi connectivity index (χ0v) is 8.76. The molecule has 0 aromatic carbocycles. The van der Waals surface area contributed by atoms with Gasteiger partial charge in [0.1, 0.15) is 0 Å². The van der Waals surface area contributed by atoms with Crippen molar-refractivity contribution in [3.8, 4) is 0 Å². The van der Waals surface area contributed by atoms with Crippen molar-refractivity contribution in [3.63, 3.8) is 0 Å². The smallest absolute Gasteiger partial charge is 0.0859 e. The molecule has 0 radical (unpaired) electrons. The van der Waals surface area contributed by atoms with Crippen LogP contribution in [0.2, 0.25) is 0 Å². The number of anilines is 1. The van der Waals surface area contributed by atoms with Gasteiger partial charge in [0.2, 0.25) is 0 Å². The molecule has 1 heterocycles. The Hall–Kier alpha value is -0.580. The number of nitrogens with two attached hydrogens (primary N) is 1. The predicted molar refractivity (Wildman–Crippen MR) is 55.2 cm³/mol. The van der Waals surface area contributed by atoms with Crippen molar-refractivity contribution in [1.82, 2.24) is 0 Å². The van der Waals surface area contributed by atoms with Crippen molar-refractivity contribution < 1.29 is 9.47 Å². The van der Waals surface area contributed by atoms with Crippen LogP contribution >= 0.6 is 11.3 Å². The molecule has 0 saturated carbocycles. The first-order valence-electron chi connectivity index (χ1n) is 4.11. The summed E-state index contributed by atoms with van der Waals surface area (Å²) >= 11 is 1.59. The molecule has 0 unspecified atom stereocenters. The molecule has 0 fully saturated rings. The highest BCUT2D eigenvalue weighted by molar-refractivity contribution is 7.15. The van der Waals surface area contributed by atoms with Crippen LogP contribution in [0.4, 0.5) is 5.00 Å². The normalized spacial score (nSPS) is 11.0. The molecule has 3 nitrogen and oxygen atoms in total. The monoisotopic (exact) mass is 201 g/mol. The Kier molecular flexibility index (Phi) is 4.21. The summed E-state index contributed by atoms with van der Waals surface area (Å²) in [6, 6.07) is 3.95. The average molecular weight is 201 g/mol. The van der Waals surface area contributed by atoms with Crippen molar-refractivity contribution in [3.05, 3.63) is 17.0 Å². The van der Waals surface area contributed by atoms with Gasteiger partial charge in [-0.3, -0.25) is 0 Å². The fourth-order valence-corrected chi connectivity index (χ4v) is 2.05. The lowest BCUT2D eigenvalue weighted by Gasteiger charge is -2.12. The van der Waals surface area contributed by atoms with E-state index in [-0.39, 0.29) is 0 Å². The third-order valence-corrected chi connectivity index (χ3v) is 2.86. The van der Waals surface area contributed by atoms with Crippen molar-refractivity contribution in [2.24, 2.45) is 0 Å². The Bertz CT molecular complexity index is 244. The van der Waals surface area contributed by atoms with Crippen LogP contribution in [0.15, 0.2) is 12.1 Å². The van der Waals surface area contributed by atoms with E-state index in [0.717, 1.165) is 5.00 Å². The highest BCUT2D eigenvalue weighted by Gasteiger charge is 2.12. The molecule has 0 saturated heterocycles. The molecule has 13 heavy (non-hydrogen) atoms. The number of hydrogen-bond acceptors (Lipinski definition) is 4. The summed E-state index contributed by atoms with van der Waals surface area (Å²) in [6.07, 6.45) is 0. The van der Waals surface area contributed by atoms with Gasteiger partial charge in [-0.15, -0.1) is 11.3 Å². The van der Waals surface area contributed by atoms with Gasteiger partial charge in [0, 0.05) is 25.0 Å². The first-order valence-corrected chi connectivity index (χ1v) is 4.92. The van der Waals surface area contributed by atoms with Gasteiger partial charge < -0.3 is 15.2 Å². The largest absolute Gasteiger partial charge is 0.391 e. The summed E-state index contributed by atoms with van der Waals surface area (Å²) in [5.41, 5.74) is 5.65. The van der Waals surface area contributed by atoms with Crippen LogP contribution in [0, 0.1) is 0 Å². The molecule has 0 spiro atoms. The number of hydrogen-bond donors (Lipinski definition) is 1.